The van der Waals surface area contributed by atoms with E-state index >= 15 is 0 Å². The monoisotopic (exact) mass is 194 g/mol. The molecule has 3 heteroatoms. The van der Waals surface area contributed by atoms with Crippen LogP contribution in [0, 0.1) is 5.92 Å². The molecule has 4 aliphatic rings. The fourth-order valence-electron chi connectivity index (χ4n) is 2.91. The van der Waals surface area contributed by atoms with Crippen molar-refractivity contribution in [2.24, 2.45) is 5.92 Å². The van der Waals surface area contributed by atoms with E-state index in [2.05, 4.69) is 23.0 Å². The highest BCUT2D eigenvalue weighted by Gasteiger charge is 2.37. The quantitative estimate of drug-likeness (QED) is 0.624. The molecule has 0 aromatic heterocycles. The SMILES string of the molecule is CN1C=C(C2CC3CCN2CC3)OC1. The first kappa shape index (κ1) is 8.60. The van der Waals surface area contributed by atoms with E-state index in [0.717, 1.165) is 12.6 Å². The molecular weight excluding hydrogens is 176 g/mol. The van der Waals surface area contributed by atoms with Crippen LogP contribution in [0.3, 0.4) is 0 Å². The first-order chi connectivity index (χ1) is 6.83. The number of piperidine rings is 3. The Balaban J connectivity index is 1.76. The van der Waals surface area contributed by atoms with E-state index in [1.807, 2.05) is 0 Å². The highest BCUT2D eigenvalue weighted by atomic mass is 16.5. The van der Waals surface area contributed by atoms with Crippen LogP contribution in [-0.2, 0) is 4.74 Å². The second-order valence-electron chi connectivity index (χ2n) is 4.79. The lowest BCUT2D eigenvalue weighted by Crippen LogP contribution is -2.49. The molecule has 78 valence electrons. The van der Waals surface area contributed by atoms with Gasteiger partial charge in [-0.3, -0.25) is 4.90 Å². The molecule has 4 heterocycles. The number of hydrogen-bond acceptors (Lipinski definition) is 3. The van der Waals surface area contributed by atoms with E-state index < -0.39 is 0 Å². The third-order valence-electron chi connectivity index (χ3n) is 3.76. The van der Waals surface area contributed by atoms with Gasteiger partial charge in [0.25, 0.3) is 0 Å². The Bertz CT molecular complexity index is 256. The van der Waals surface area contributed by atoms with Crippen molar-refractivity contribution in [1.29, 1.82) is 0 Å². The molecule has 3 nitrogen and oxygen atoms in total. The van der Waals surface area contributed by atoms with Crippen molar-refractivity contribution in [1.82, 2.24) is 9.80 Å². The second kappa shape index (κ2) is 3.16. The van der Waals surface area contributed by atoms with Gasteiger partial charge in [0.2, 0.25) is 0 Å². The van der Waals surface area contributed by atoms with Crippen molar-refractivity contribution >= 4 is 0 Å². The molecule has 4 rings (SSSR count). The summed E-state index contributed by atoms with van der Waals surface area (Å²) >= 11 is 0. The molecule has 1 unspecified atom stereocenters. The minimum absolute atomic E-state index is 0.590. The fourth-order valence-corrected chi connectivity index (χ4v) is 2.91. The summed E-state index contributed by atoms with van der Waals surface area (Å²) in [6, 6.07) is 0.590. The molecule has 3 saturated heterocycles. The Kier molecular flexibility index (Phi) is 1.94. The molecule has 0 amide bonds. The van der Waals surface area contributed by atoms with Crippen LogP contribution in [0.5, 0.6) is 0 Å². The summed E-state index contributed by atoms with van der Waals surface area (Å²) in [5.74, 6) is 2.16. The van der Waals surface area contributed by atoms with Gasteiger partial charge >= 0.3 is 0 Å². The van der Waals surface area contributed by atoms with E-state index in [9.17, 15) is 0 Å². The first-order valence-electron chi connectivity index (χ1n) is 5.62. The van der Waals surface area contributed by atoms with E-state index in [1.165, 1.54) is 38.1 Å². The summed E-state index contributed by atoms with van der Waals surface area (Å²) in [5.41, 5.74) is 0. The third kappa shape index (κ3) is 1.31. The van der Waals surface area contributed by atoms with Gasteiger partial charge in [0.15, 0.2) is 6.73 Å². The number of nitrogens with zero attached hydrogens (tertiary/aromatic N) is 2. The number of ether oxygens (including phenoxy) is 1. The lowest BCUT2D eigenvalue weighted by Gasteiger charge is -2.45. The van der Waals surface area contributed by atoms with E-state index in [4.69, 9.17) is 4.74 Å². The first-order valence-corrected chi connectivity index (χ1v) is 5.62. The summed E-state index contributed by atoms with van der Waals surface area (Å²) in [7, 11) is 2.07. The van der Waals surface area contributed by atoms with Crippen LogP contribution >= 0.6 is 0 Å². The molecule has 0 spiro atoms. The zero-order valence-electron chi connectivity index (χ0n) is 8.78. The number of hydrogen-bond donors (Lipinski definition) is 0. The standard InChI is InChI=1S/C11H18N2O/c1-12-7-11(14-8-12)10-6-9-2-4-13(10)5-3-9/h7,9-10H,2-6,8H2,1H3. The Hall–Kier alpha value is -0.700. The normalized spacial score (nSPS) is 41.1. The van der Waals surface area contributed by atoms with Crippen LogP contribution in [0.25, 0.3) is 0 Å². The van der Waals surface area contributed by atoms with Gasteiger partial charge in [0.1, 0.15) is 5.76 Å². The Morgan fingerprint density at radius 1 is 1.36 bits per heavy atom. The highest BCUT2D eigenvalue weighted by molar-refractivity contribution is 5.10. The van der Waals surface area contributed by atoms with E-state index in [-0.39, 0.29) is 0 Å². The zero-order valence-corrected chi connectivity index (χ0v) is 8.78. The Labute approximate surface area is 85.3 Å². The minimum Gasteiger partial charge on any atom is -0.474 e. The van der Waals surface area contributed by atoms with Gasteiger partial charge in [0, 0.05) is 13.2 Å². The molecule has 14 heavy (non-hydrogen) atoms. The van der Waals surface area contributed by atoms with Gasteiger partial charge < -0.3 is 9.64 Å². The average molecular weight is 194 g/mol. The highest BCUT2D eigenvalue weighted by Crippen LogP contribution is 2.36. The van der Waals surface area contributed by atoms with Crippen LogP contribution in [-0.4, -0.2) is 42.7 Å². The summed E-state index contributed by atoms with van der Waals surface area (Å²) in [5, 5.41) is 0. The van der Waals surface area contributed by atoms with Crippen molar-refractivity contribution in [3.63, 3.8) is 0 Å². The molecule has 0 aromatic carbocycles. The predicted molar refractivity (Wildman–Crippen MR) is 54.5 cm³/mol. The lowest BCUT2D eigenvalue weighted by atomic mass is 9.83. The molecule has 0 aromatic rings. The van der Waals surface area contributed by atoms with Gasteiger partial charge in [-0.15, -0.1) is 0 Å². The summed E-state index contributed by atoms with van der Waals surface area (Å²) in [6.07, 6.45) is 6.30. The Morgan fingerprint density at radius 2 is 2.14 bits per heavy atom. The molecule has 2 bridgehead atoms. The molecule has 0 saturated carbocycles. The maximum Gasteiger partial charge on any atom is 0.160 e. The van der Waals surface area contributed by atoms with Crippen molar-refractivity contribution in [2.45, 2.75) is 25.3 Å². The zero-order chi connectivity index (χ0) is 9.54. The fraction of sp³-hybridized carbons (Fsp3) is 0.818. The Morgan fingerprint density at radius 3 is 2.64 bits per heavy atom. The molecule has 1 atom stereocenters. The van der Waals surface area contributed by atoms with Crippen molar-refractivity contribution in [3.05, 3.63) is 12.0 Å². The van der Waals surface area contributed by atoms with Gasteiger partial charge in [-0.05, 0) is 38.3 Å². The summed E-state index contributed by atoms with van der Waals surface area (Å²) in [6.45, 7) is 3.30. The summed E-state index contributed by atoms with van der Waals surface area (Å²) < 4.78 is 5.70. The van der Waals surface area contributed by atoms with Crippen molar-refractivity contribution in [2.75, 3.05) is 26.9 Å². The smallest absolute Gasteiger partial charge is 0.160 e. The van der Waals surface area contributed by atoms with Gasteiger partial charge in [-0.2, -0.15) is 0 Å². The van der Waals surface area contributed by atoms with E-state index in [1.54, 1.807) is 0 Å². The largest absolute Gasteiger partial charge is 0.474 e. The third-order valence-corrected chi connectivity index (χ3v) is 3.76. The molecule has 4 aliphatic heterocycles. The van der Waals surface area contributed by atoms with Crippen molar-refractivity contribution < 1.29 is 4.74 Å². The summed E-state index contributed by atoms with van der Waals surface area (Å²) in [4.78, 5) is 4.71. The molecule has 0 N–H and O–H groups in total. The maximum absolute atomic E-state index is 5.70. The average Bonchev–Trinajstić information content (AvgIpc) is 2.66. The molecule has 0 radical (unpaired) electrons. The van der Waals surface area contributed by atoms with Gasteiger partial charge in [-0.1, -0.05) is 0 Å². The van der Waals surface area contributed by atoms with Crippen LogP contribution in [0.2, 0.25) is 0 Å². The maximum atomic E-state index is 5.70. The van der Waals surface area contributed by atoms with Crippen LogP contribution in [0.4, 0.5) is 0 Å². The molecule has 3 fully saturated rings. The van der Waals surface area contributed by atoms with E-state index in [0.29, 0.717) is 6.04 Å². The van der Waals surface area contributed by atoms with Crippen LogP contribution in [0.1, 0.15) is 19.3 Å². The van der Waals surface area contributed by atoms with Gasteiger partial charge in [0.05, 0.1) is 6.04 Å². The number of rotatable bonds is 1. The molecule has 0 aliphatic carbocycles. The molecular formula is C11H18N2O. The second-order valence-corrected chi connectivity index (χ2v) is 4.79. The predicted octanol–water partition coefficient (Wildman–Crippen LogP) is 1.23. The van der Waals surface area contributed by atoms with Gasteiger partial charge in [-0.25, -0.2) is 0 Å². The van der Waals surface area contributed by atoms with Crippen LogP contribution in [0.15, 0.2) is 12.0 Å². The minimum atomic E-state index is 0.590. The van der Waals surface area contributed by atoms with Crippen LogP contribution < -0.4 is 0 Å². The topological polar surface area (TPSA) is 15.7 Å². The van der Waals surface area contributed by atoms with Crippen molar-refractivity contribution in [3.8, 4) is 0 Å². The number of fused-ring (bicyclic) bond motifs is 3. The lowest BCUT2D eigenvalue weighted by molar-refractivity contribution is 0.0316.